The molecule has 2 aromatic rings. The minimum Gasteiger partial charge on any atom is -0.478 e. The van der Waals surface area contributed by atoms with Crippen LogP contribution in [0.5, 0.6) is 0 Å². The maximum Gasteiger partial charge on any atom is 0.337 e. The minimum absolute atomic E-state index is 0.248. The van der Waals surface area contributed by atoms with Crippen molar-refractivity contribution in [2.45, 2.75) is 13.8 Å². The highest BCUT2D eigenvalue weighted by Crippen LogP contribution is 2.31. The SMILES string of the molecule is CCN(c1cccc(C)c1)c1cc(Cl)ccc1C(=O)O. The zero-order valence-electron chi connectivity index (χ0n) is 11.4. The van der Waals surface area contributed by atoms with Crippen LogP contribution in [0.1, 0.15) is 22.8 Å². The van der Waals surface area contributed by atoms with Crippen molar-refractivity contribution in [2.24, 2.45) is 0 Å². The molecule has 4 heteroatoms. The van der Waals surface area contributed by atoms with Gasteiger partial charge in [0, 0.05) is 17.3 Å². The highest BCUT2D eigenvalue weighted by Gasteiger charge is 2.17. The Kier molecular flexibility index (Phi) is 4.30. The van der Waals surface area contributed by atoms with E-state index < -0.39 is 5.97 Å². The Balaban J connectivity index is 2.57. The summed E-state index contributed by atoms with van der Waals surface area (Å²) in [6.07, 6.45) is 0. The molecule has 0 radical (unpaired) electrons. The molecule has 0 spiro atoms. The van der Waals surface area contributed by atoms with Crippen molar-refractivity contribution in [2.75, 3.05) is 11.4 Å². The predicted molar refractivity (Wildman–Crippen MR) is 82.3 cm³/mol. The average molecular weight is 290 g/mol. The molecule has 0 unspecified atom stereocenters. The lowest BCUT2D eigenvalue weighted by Crippen LogP contribution is -2.19. The maximum absolute atomic E-state index is 11.4. The van der Waals surface area contributed by atoms with E-state index in [2.05, 4.69) is 0 Å². The molecule has 0 atom stereocenters. The second-order valence-corrected chi connectivity index (χ2v) is 4.99. The molecule has 104 valence electrons. The standard InChI is InChI=1S/C16H16ClNO2/c1-3-18(13-6-4-5-11(2)9-13)15-10-12(17)7-8-14(15)16(19)20/h4-10H,3H2,1-2H3,(H,19,20). The van der Waals surface area contributed by atoms with Gasteiger partial charge in [0.15, 0.2) is 0 Å². The molecule has 20 heavy (non-hydrogen) atoms. The first-order valence-electron chi connectivity index (χ1n) is 6.40. The summed E-state index contributed by atoms with van der Waals surface area (Å²) >= 11 is 6.02. The lowest BCUT2D eigenvalue weighted by Gasteiger charge is -2.25. The third-order valence-electron chi connectivity index (χ3n) is 3.11. The van der Waals surface area contributed by atoms with Crippen molar-refractivity contribution >= 4 is 28.9 Å². The first-order valence-corrected chi connectivity index (χ1v) is 6.77. The topological polar surface area (TPSA) is 40.5 Å². The van der Waals surface area contributed by atoms with Crippen LogP contribution in [0.15, 0.2) is 42.5 Å². The lowest BCUT2D eigenvalue weighted by molar-refractivity contribution is 0.0697. The fourth-order valence-corrected chi connectivity index (χ4v) is 2.36. The summed E-state index contributed by atoms with van der Waals surface area (Å²) in [5.74, 6) is -0.956. The van der Waals surface area contributed by atoms with Crippen LogP contribution in [-0.4, -0.2) is 17.6 Å². The van der Waals surface area contributed by atoms with E-state index in [4.69, 9.17) is 11.6 Å². The molecule has 3 nitrogen and oxygen atoms in total. The number of anilines is 2. The van der Waals surface area contributed by atoms with Crippen molar-refractivity contribution < 1.29 is 9.90 Å². The summed E-state index contributed by atoms with van der Waals surface area (Å²) in [5, 5.41) is 9.86. The molecule has 0 amide bonds. The highest BCUT2D eigenvalue weighted by molar-refractivity contribution is 6.31. The highest BCUT2D eigenvalue weighted by atomic mass is 35.5. The molecule has 0 saturated carbocycles. The van der Waals surface area contributed by atoms with Crippen LogP contribution in [-0.2, 0) is 0 Å². The largest absolute Gasteiger partial charge is 0.478 e. The Bertz CT molecular complexity index is 640. The predicted octanol–water partition coefficient (Wildman–Crippen LogP) is 4.50. The number of aryl methyl sites for hydroxylation is 1. The van der Waals surface area contributed by atoms with Gasteiger partial charge in [-0.2, -0.15) is 0 Å². The normalized spacial score (nSPS) is 10.3. The number of hydrogen-bond acceptors (Lipinski definition) is 2. The van der Waals surface area contributed by atoms with E-state index in [1.807, 2.05) is 43.0 Å². The number of carboxylic acid groups (broad SMARTS) is 1. The second kappa shape index (κ2) is 5.97. The molecule has 2 aromatic carbocycles. The smallest absolute Gasteiger partial charge is 0.337 e. The van der Waals surface area contributed by atoms with Gasteiger partial charge in [0.25, 0.3) is 0 Å². The summed E-state index contributed by atoms with van der Waals surface area (Å²) in [6, 6.07) is 12.8. The van der Waals surface area contributed by atoms with E-state index in [0.29, 0.717) is 17.3 Å². The minimum atomic E-state index is -0.956. The van der Waals surface area contributed by atoms with Gasteiger partial charge in [-0.25, -0.2) is 4.79 Å². The molecule has 0 aliphatic heterocycles. The molecule has 0 aliphatic carbocycles. The van der Waals surface area contributed by atoms with Gasteiger partial charge in [-0.05, 0) is 49.7 Å². The van der Waals surface area contributed by atoms with Crippen molar-refractivity contribution in [1.82, 2.24) is 0 Å². The maximum atomic E-state index is 11.4. The van der Waals surface area contributed by atoms with Crippen molar-refractivity contribution in [1.29, 1.82) is 0 Å². The molecule has 0 aromatic heterocycles. The molecule has 1 N–H and O–H groups in total. The Morgan fingerprint density at radius 1 is 1.25 bits per heavy atom. The number of rotatable bonds is 4. The molecule has 0 fully saturated rings. The van der Waals surface area contributed by atoms with E-state index >= 15 is 0 Å². The van der Waals surface area contributed by atoms with Gasteiger partial charge >= 0.3 is 5.97 Å². The molecule has 2 rings (SSSR count). The number of nitrogens with zero attached hydrogens (tertiary/aromatic N) is 1. The number of benzene rings is 2. The van der Waals surface area contributed by atoms with Crippen molar-refractivity contribution in [3.8, 4) is 0 Å². The zero-order chi connectivity index (χ0) is 14.7. The van der Waals surface area contributed by atoms with Gasteiger partial charge in [-0.1, -0.05) is 23.7 Å². The Hall–Kier alpha value is -2.00. The van der Waals surface area contributed by atoms with Crippen LogP contribution in [0.4, 0.5) is 11.4 Å². The molecule has 0 heterocycles. The molecular weight excluding hydrogens is 274 g/mol. The van der Waals surface area contributed by atoms with Crippen molar-refractivity contribution in [3.05, 3.63) is 58.6 Å². The number of hydrogen-bond donors (Lipinski definition) is 1. The summed E-state index contributed by atoms with van der Waals surface area (Å²) < 4.78 is 0. The summed E-state index contributed by atoms with van der Waals surface area (Å²) in [4.78, 5) is 13.3. The lowest BCUT2D eigenvalue weighted by atomic mass is 10.1. The fraction of sp³-hybridized carbons (Fsp3) is 0.188. The van der Waals surface area contributed by atoms with E-state index in [9.17, 15) is 9.90 Å². The summed E-state index contributed by atoms with van der Waals surface area (Å²) in [7, 11) is 0. The molecule has 0 aliphatic rings. The number of halogens is 1. The third-order valence-corrected chi connectivity index (χ3v) is 3.35. The van der Waals surface area contributed by atoms with Crippen molar-refractivity contribution in [3.63, 3.8) is 0 Å². The third kappa shape index (κ3) is 2.94. The second-order valence-electron chi connectivity index (χ2n) is 4.55. The van der Waals surface area contributed by atoms with Gasteiger partial charge in [0.1, 0.15) is 0 Å². The van der Waals surface area contributed by atoms with Crippen LogP contribution in [0.2, 0.25) is 5.02 Å². The first-order chi connectivity index (χ1) is 9.52. The monoisotopic (exact) mass is 289 g/mol. The van der Waals surface area contributed by atoms with Gasteiger partial charge in [0.05, 0.1) is 11.3 Å². The van der Waals surface area contributed by atoms with Crippen LogP contribution < -0.4 is 4.90 Å². The Morgan fingerprint density at radius 2 is 2.00 bits per heavy atom. The molecule has 0 saturated heterocycles. The fourth-order valence-electron chi connectivity index (χ4n) is 2.20. The van der Waals surface area contributed by atoms with Crippen LogP contribution >= 0.6 is 11.6 Å². The number of carbonyl (C=O) groups is 1. The van der Waals surface area contributed by atoms with Gasteiger partial charge < -0.3 is 10.0 Å². The average Bonchev–Trinajstić information content (AvgIpc) is 2.39. The molecular formula is C16H16ClNO2. The number of aromatic carboxylic acids is 1. The van der Waals surface area contributed by atoms with Crippen LogP contribution in [0.25, 0.3) is 0 Å². The van der Waals surface area contributed by atoms with E-state index in [1.165, 1.54) is 0 Å². The zero-order valence-corrected chi connectivity index (χ0v) is 12.2. The van der Waals surface area contributed by atoms with E-state index in [0.717, 1.165) is 11.3 Å². The number of carboxylic acids is 1. The van der Waals surface area contributed by atoms with Gasteiger partial charge in [-0.15, -0.1) is 0 Å². The van der Waals surface area contributed by atoms with Crippen LogP contribution in [0.3, 0.4) is 0 Å². The molecule has 0 bridgehead atoms. The van der Waals surface area contributed by atoms with Crippen LogP contribution in [0, 0.1) is 6.92 Å². The summed E-state index contributed by atoms with van der Waals surface area (Å²) in [5.41, 5.74) is 2.94. The Labute approximate surface area is 123 Å². The van der Waals surface area contributed by atoms with Gasteiger partial charge in [0.2, 0.25) is 0 Å². The van der Waals surface area contributed by atoms with E-state index in [1.54, 1.807) is 18.2 Å². The van der Waals surface area contributed by atoms with E-state index in [-0.39, 0.29) is 5.56 Å². The Morgan fingerprint density at radius 3 is 2.60 bits per heavy atom. The quantitative estimate of drug-likeness (QED) is 0.900. The summed E-state index contributed by atoms with van der Waals surface area (Å²) in [6.45, 7) is 4.65. The first kappa shape index (κ1) is 14.4. The van der Waals surface area contributed by atoms with Gasteiger partial charge in [-0.3, -0.25) is 0 Å².